The van der Waals surface area contributed by atoms with Crippen molar-refractivity contribution in [2.45, 2.75) is 100 Å². The Balaban J connectivity index is 1.87. The van der Waals surface area contributed by atoms with Crippen molar-refractivity contribution < 1.29 is 64.3 Å². The third-order valence-corrected chi connectivity index (χ3v) is 6.83. The molecule has 0 bridgehead atoms. The van der Waals surface area contributed by atoms with Crippen molar-refractivity contribution in [1.82, 2.24) is 10.2 Å². The highest BCUT2D eigenvalue weighted by Crippen LogP contribution is 2.23. The van der Waals surface area contributed by atoms with Gasteiger partial charge in [0.15, 0.2) is 12.6 Å². The predicted octanol–water partition coefficient (Wildman–Crippen LogP) is -3.83. The highest BCUT2D eigenvalue weighted by atomic mass is 16.7. The molecule has 8 N–H and O–H groups in total. The number of carbonyl (C=O) groups is 2. The van der Waals surface area contributed by atoms with E-state index in [0.29, 0.717) is 25.7 Å². The lowest BCUT2D eigenvalue weighted by Gasteiger charge is -2.39. The van der Waals surface area contributed by atoms with Crippen LogP contribution in [0.3, 0.4) is 0 Å². The minimum atomic E-state index is -1.56. The molecule has 0 spiro atoms. The van der Waals surface area contributed by atoms with Gasteiger partial charge < -0.3 is 64.9 Å². The Morgan fingerprint density at radius 2 is 1.36 bits per heavy atom. The Kier molecular flexibility index (Phi) is 14.4. The summed E-state index contributed by atoms with van der Waals surface area (Å²) in [7, 11) is 1.54. The van der Waals surface area contributed by atoms with Crippen molar-refractivity contribution in [3.63, 3.8) is 0 Å². The highest BCUT2D eigenvalue weighted by molar-refractivity contribution is 5.77. The molecule has 2 heterocycles. The monoisotopic (exact) mass is 568 g/mol. The van der Waals surface area contributed by atoms with Crippen molar-refractivity contribution in [3.8, 4) is 0 Å². The summed E-state index contributed by atoms with van der Waals surface area (Å²) >= 11 is 0. The summed E-state index contributed by atoms with van der Waals surface area (Å²) in [6.07, 6.45) is -11.4. The van der Waals surface area contributed by atoms with Gasteiger partial charge in [0.2, 0.25) is 11.8 Å². The average Bonchev–Trinajstić information content (AvgIpc) is 2.93. The lowest BCUT2D eigenvalue weighted by Crippen LogP contribution is -2.59. The van der Waals surface area contributed by atoms with Crippen LogP contribution in [0.4, 0.5) is 0 Å². The number of aliphatic hydroxyl groups is 7. The number of nitrogens with zero attached hydrogens (tertiary/aromatic N) is 1. The molecule has 0 aromatic rings. The van der Waals surface area contributed by atoms with E-state index in [0.717, 1.165) is 0 Å². The standard InChI is InChI=1S/C24H44N2O13/c1-13-17(30)19(32)21(34)23(38-13)37-11-9-26(16(29)7-4-3-6-15(28)25-2)8-5-10-36-24-22(35)20(33)18(31)14(12-27)39-24/h13-14,17-24,27,30-35H,3-12H2,1-2H3,(H,25,28)/t13-,14+,17+,18+,19+,20-,21-,22-,23+,24+/m0/s1. The van der Waals surface area contributed by atoms with Gasteiger partial charge in [-0.25, -0.2) is 0 Å². The molecule has 2 rings (SSSR count). The maximum absolute atomic E-state index is 12.9. The molecule has 228 valence electrons. The first-order valence-corrected chi connectivity index (χ1v) is 13.2. The Morgan fingerprint density at radius 3 is 2.00 bits per heavy atom. The van der Waals surface area contributed by atoms with Gasteiger partial charge in [0.05, 0.1) is 25.9 Å². The lowest BCUT2D eigenvalue weighted by molar-refractivity contribution is -0.301. The van der Waals surface area contributed by atoms with E-state index in [-0.39, 0.29) is 44.5 Å². The summed E-state index contributed by atoms with van der Waals surface area (Å²) in [5.74, 6) is -0.331. The van der Waals surface area contributed by atoms with E-state index in [1.54, 1.807) is 0 Å². The zero-order valence-corrected chi connectivity index (χ0v) is 22.4. The molecule has 0 aromatic heterocycles. The van der Waals surface area contributed by atoms with Crippen molar-refractivity contribution in [2.75, 3.05) is 40.0 Å². The molecule has 0 aromatic carbocycles. The van der Waals surface area contributed by atoms with E-state index in [2.05, 4.69) is 5.32 Å². The Bertz CT molecular complexity index is 745. The molecule has 0 aliphatic carbocycles. The summed E-state index contributed by atoms with van der Waals surface area (Å²) < 4.78 is 21.8. The van der Waals surface area contributed by atoms with E-state index < -0.39 is 68.0 Å². The maximum atomic E-state index is 12.9. The lowest BCUT2D eigenvalue weighted by atomic mass is 9.99. The zero-order chi connectivity index (χ0) is 29.1. The van der Waals surface area contributed by atoms with Gasteiger partial charge in [-0.3, -0.25) is 9.59 Å². The van der Waals surface area contributed by atoms with Crippen molar-refractivity contribution in [1.29, 1.82) is 0 Å². The fourth-order valence-electron chi connectivity index (χ4n) is 4.30. The van der Waals surface area contributed by atoms with Gasteiger partial charge in [-0.05, 0) is 26.2 Å². The van der Waals surface area contributed by atoms with Crippen molar-refractivity contribution >= 4 is 11.8 Å². The Hall–Kier alpha value is -1.50. The molecule has 0 saturated carbocycles. The first kappa shape index (κ1) is 33.7. The molecule has 2 amide bonds. The third kappa shape index (κ3) is 9.82. The number of carbonyl (C=O) groups excluding carboxylic acids is 2. The van der Waals surface area contributed by atoms with Crippen LogP contribution in [0, 0.1) is 0 Å². The minimum absolute atomic E-state index is 0.00996. The summed E-state index contributed by atoms with van der Waals surface area (Å²) in [6, 6.07) is 0. The number of rotatable bonds is 15. The number of hydrogen-bond donors (Lipinski definition) is 8. The molecule has 0 radical (unpaired) electrons. The molecular weight excluding hydrogens is 524 g/mol. The Labute approximate surface area is 227 Å². The number of amides is 2. The quantitative estimate of drug-likeness (QED) is 0.0887. The van der Waals surface area contributed by atoms with Gasteiger partial charge in [-0.15, -0.1) is 0 Å². The maximum Gasteiger partial charge on any atom is 0.222 e. The highest BCUT2D eigenvalue weighted by Gasteiger charge is 2.44. The molecular formula is C24H44N2O13. The number of aliphatic hydroxyl groups excluding tert-OH is 7. The molecule has 15 nitrogen and oxygen atoms in total. The van der Waals surface area contributed by atoms with Crippen LogP contribution in [-0.2, 0) is 28.5 Å². The number of ether oxygens (including phenoxy) is 4. The number of unbranched alkanes of at least 4 members (excludes halogenated alkanes) is 1. The van der Waals surface area contributed by atoms with E-state index in [1.807, 2.05) is 0 Å². The summed E-state index contributed by atoms with van der Waals surface area (Å²) in [6.45, 7) is 1.22. The van der Waals surface area contributed by atoms with Gasteiger partial charge in [-0.1, -0.05) is 0 Å². The van der Waals surface area contributed by atoms with Crippen LogP contribution in [0.15, 0.2) is 0 Å². The fraction of sp³-hybridized carbons (Fsp3) is 0.917. The molecule has 2 aliphatic heterocycles. The van der Waals surface area contributed by atoms with Crippen LogP contribution in [-0.4, -0.2) is 154 Å². The normalized spacial score (nSPS) is 35.0. The number of nitrogens with one attached hydrogen (secondary N) is 1. The second-order valence-corrected chi connectivity index (χ2v) is 9.73. The fourth-order valence-corrected chi connectivity index (χ4v) is 4.30. The molecule has 15 heteroatoms. The second-order valence-electron chi connectivity index (χ2n) is 9.73. The van der Waals surface area contributed by atoms with Gasteiger partial charge in [-0.2, -0.15) is 0 Å². The van der Waals surface area contributed by atoms with Gasteiger partial charge in [0.1, 0.15) is 42.7 Å². The van der Waals surface area contributed by atoms with Crippen molar-refractivity contribution in [2.24, 2.45) is 0 Å². The third-order valence-electron chi connectivity index (χ3n) is 6.83. The largest absolute Gasteiger partial charge is 0.394 e. The predicted molar refractivity (Wildman–Crippen MR) is 132 cm³/mol. The topological polar surface area (TPSA) is 228 Å². The van der Waals surface area contributed by atoms with E-state index in [4.69, 9.17) is 18.9 Å². The van der Waals surface area contributed by atoms with Crippen LogP contribution in [0.25, 0.3) is 0 Å². The van der Waals surface area contributed by atoms with Gasteiger partial charge in [0, 0.05) is 33.0 Å². The average molecular weight is 569 g/mol. The number of hydrogen-bond acceptors (Lipinski definition) is 13. The van der Waals surface area contributed by atoms with Gasteiger partial charge in [0.25, 0.3) is 0 Å². The smallest absolute Gasteiger partial charge is 0.222 e. The Morgan fingerprint density at radius 1 is 0.769 bits per heavy atom. The zero-order valence-electron chi connectivity index (χ0n) is 22.4. The molecule has 39 heavy (non-hydrogen) atoms. The molecule has 2 aliphatic rings. The van der Waals surface area contributed by atoms with E-state index in [9.17, 15) is 45.3 Å². The first-order chi connectivity index (χ1) is 18.5. The summed E-state index contributed by atoms with van der Waals surface area (Å²) in [5, 5.41) is 71.6. The van der Waals surface area contributed by atoms with Crippen LogP contribution in [0.2, 0.25) is 0 Å². The van der Waals surface area contributed by atoms with Crippen LogP contribution in [0.1, 0.15) is 39.0 Å². The second kappa shape index (κ2) is 16.7. The minimum Gasteiger partial charge on any atom is -0.394 e. The van der Waals surface area contributed by atoms with Crippen molar-refractivity contribution in [3.05, 3.63) is 0 Å². The SMILES string of the molecule is CNC(=O)CCCCC(=O)N(CCCO[C@@H]1O[C@H](CO)[C@@H](O)[C@H](O)[C@@H]1O)CCO[C@@H]1O[C@@H](C)[C@@H](O)[C@@H](O)[C@@H]1O. The molecule has 2 fully saturated rings. The van der Waals surface area contributed by atoms with Crippen LogP contribution < -0.4 is 5.32 Å². The molecule has 2 saturated heterocycles. The van der Waals surface area contributed by atoms with E-state index in [1.165, 1.54) is 18.9 Å². The van der Waals surface area contributed by atoms with Crippen LogP contribution in [0.5, 0.6) is 0 Å². The summed E-state index contributed by atoms with van der Waals surface area (Å²) in [4.78, 5) is 25.8. The van der Waals surface area contributed by atoms with Crippen LogP contribution >= 0.6 is 0 Å². The summed E-state index contributed by atoms with van der Waals surface area (Å²) in [5.41, 5.74) is 0. The molecule has 0 unspecified atom stereocenters. The van der Waals surface area contributed by atoms with E-state index >= 15 is 0 Å². The first-order valence-electron chi connectivity index (χ1n) is 13.2. The van der Waals surface area contributed by atoms with Gasteiger partial charge >= 0.3 is 0 Å². The molecule has 10 atom stereocenters.